The molecule has 0 saturated carbocycles. The van der Waals surface area contributed by atoms with Crippen LogP contribution in [0.5, 0.6) is 0 Å². The summed E-state index contributed by atoms with van der Waals surface area (Å²) in [6.45, 7) is 2.63. The molecule has 1 aromatic carbocycles. The van der Waals surface area contributed by atoms with E-state index in [4.69, 9.17) is 0 Å². The van der Waals surface area contributed by atoms with Gasteiger partial charge in [0, 0.05) is 36.0 Å². The first kappa shape index (κ1) is 15.1. The molecule has 3 heterocycles. The van der Waals surface area contributed by atoms with Crippen LogP contribution >= 0.6 is 0 Å². The molecule has 4 rings (SSSR count). The fourth-order valence-electron chi connectivity index (χ4n) is 3.92. The lowest BCUT2D eigenvalue weighted by Gasteiger charge is -2.31. The molecule has 0 atom stereocenters. The third kappa shape index (κ3) is 2.36. The van der Waals surface area contributed by atoms with Gasteiger partial charge in [0.25, 0.3) is 11.6 Å². The van der Waals surface area contributed by atoms with E-state index in [9.17, 15) is 14.9 Å². The summed E-state index contributed by atoms with van der Waals surface area (Å²) in [4.78, 5) is 25.8. The molecule has 1 aromatic rings. The number of anilines is 1. The highest BCUT2D eigenvalue weighted by Crippen LogP contribution is 2.43. The number of carbonyl (C=O) groups is 1. The Morgan fingerprint density at radius 2 is 2.00 bits per heavy atom. The van der Waals surface area contributed by atoms with Gasteiger partial charge in [-0.3, -0.25) is 14.9 Å². The van der Waals surface area contributed by atoms with Crippen molar-refractivity contribution < 1.29 is 9.72 Å². The van der Waals surface area contributed by atoms with Crippen molar-refractivity contribution in [1.82, 2.24) is 10.6 Å². The largest absolute Gasteiger partial charge is 0.388 e. The van der Waals surface area contributed by atoms with E-state index in [0.717, 1.165) is 56.7 Å². The molecule has 2 N–H and O–H groups in total. The zero-order chi connectivity index (χ0) is 16.7. The van der Waals surface area contributed by atoms with E-state index in [-0.39, 0.29) is 17.6 Å². The Bertz CT molecular complexity index is 729. The summed E-state index contributed by atoms with van der Waals surface area (Å²) >= 11 is 0. The molecule has 7 heteroatoms. The van der Waals surface area contributed by atoms with E-state index in [1.807, 2.05) is 4.90 Å². The summed E-state index contributed by atoms with van der Waals surface area (Å²) in [5, 5.41) is 17.8. The van der Waals surface area contributed by atoms with Gasteiger partial charge in [-0.25, -0.2) is 0 Å². The number of carbonyl (C=O) groups excluding carboxylic acids is 1. The predicted octanol–water partition coefficient (Wildman–Crippen LogP) is 1.79. The van der Waals surface area contributed by atoms with Gasteiger partial charge >= 0.3 is 0 Å². The van der Waals surface area contributed by atoms with Crippen LogP contribution in [-0.2, 0) is 4.79 Å². The number of nitrogens with one attached hydrogen (secondary N) is 2. The summed E-state index contributed by atoms with van der Waals surface area (Å²) in [5.41, 5.74) is 3.11. The van der Waals surface area contributed by atoms with Crippen molar-refractivity contribution in [2.75, 3.05) is 24.5 Å². The predicted molar refractivity (Wildman–Crippen MR) is 90.6 cm³/mol. The van der Waals surface area contributed by atoms with Crippen molar-refractivity contribution in [2.24, 2.45) is 0 Å². The molecule has 24 heavy (non-hydrogen) atoms. The van der Waals surface area contributed by atoms with Crippen LogP contribution in [0.1, 0.15) is 31.2 Å². The summed E-state index contributed by atoms with van der Waals surface area (Å²) in [6.07, 6.45) is 3.61. The second kappa shape index (κ2) is 5.90. The maximum Gasteiger partial charge on any atom is 0.270 e. The highest BCUT2D eigenvalue weighted by Gasteiger charge is 2.40. The average Bonchev–Trinajstić information content (AvgIpc) is 3.20. The zero-order valence-corrected chi connectivity index (χ0v) is 13.4. The second-order valence-corrected chi connectivity index (χ2v) is 6.50. The molecular formula is C17H20N4O3. The molecule has 0 unspecified atom stereocenters. The van der Waals surface area contributed by atoms with E-state index in [0.29, 0.717) is 11.1 Å². The summed E-state index contributed by atoms with van der Waals surface area (Å²) in [5.74, 6) is -0.0122. The molecule has 1 amide bonds. The first-order valence-electron chi connectivity index (χ1n) is 8.47. The number of allylic oxidation sites excluding steroid dienone is 1. The molecular weight excluding hydrogens is 308 g/mol. The highest BCUT2D eigenvalue weighted by molar-refractivity contribution is 6.33. The quantitative estimate of drug-likeness (QED) is 0.491. The lowest BCUT2D eigenvalue weighted by Crippen LogP contribution is -2.44. The molecule has 0 radical (unpaired) electrons. The van der Waals surface area contributed by atoms with E-state index in [1.54, 1.807) is 12.1 Å². The Balaban J connectivity index is 1.84. The van der Waals surface area contributed by atoms with Gasteiger partial charge in [-0.05, 0) is 44.8 Å². The standard InChI is InChI=1S/C17H20N4O3/c22-17-16(14-2-1-7-19-14)13-10-12(21(23)24)3-4-15(13)20(17)11-5-8-18-9-6-11/h3-4,10-11,18-19H,1-2,5-9H2/b16-14-. The maximum atomic E-state index is 13.2. The number of rotatable bonds is 2. The van der Waals surface area contributed by atoms with Gasteiger partial charge in [0.1, 0.15) is 0 Å². The Morgan fingerprint density at radius 3 is 2.67 bits per heavy atom. The molecule has 126 valence electrons. The van der Waals surface area contributed by atoms with Gasteiger partial charge < -0.3 is 15.5 Å². The van der Waals surface area contributed by atoms with Gasteiger partial charge in [0.15, 0.2) is 0 Å². The highest BCUT2D eigenvalue weighted by atomic mass is 16.6. The number of fused-ring (bicyclic) bond motifs is 1. The molecule has 3 aliphatic rings. The molecule has 0 spiro atoms. The van der Waals surface area contributed by atoms with Gasteiger partial charge in [0.05, 0.1) is 16.2 Å². The number of benzene rings is 1. The minimum absolute atomic E-state index is 0.0122. The number of non-ortho nitro benzene ring substituents is 1. The third-order valence-electron chi connectivity index (χ3n) is 5.07. The number of hydrogen-bond donors (Lipinski definition) is 2. The van der Waals surface area contributed by atoms with Crippen molar-refractivity contribution >= 4 is 22.9 Å². The number of amides is 1. The Kier molecular flexibility index (Phi) is 3.72. The van der Waals surface area contributed by atoms with Crippen molar-refractivity contribution in [3.63, 3.8) is 0 Å². The van der Waals surface area contributed by atoms with Gasteiger partial charge in [-0.2, -0.15) is 0 Å². The first-order chi connectivity index (χ1) is 11.7. The molecule has 2 fully saturated rings. The van der Waals surface area contributed by atoms with Crippen LogP contribution < -0.4 is 15.5 Å². The number of nitro groups is 1. The van der Waals surface area contributed by atoms with Crippen LogP contribution in [0.3, 0.4) is 0 Å². The third-order valence-corrected chi connectivity index (χ3v) is 5.07. The second-order valence-electron chi connectivity index (χ2n) is 6.50. The minimum Gasteiger partial charge on any atom is -0.388 e. The normalized spacial score (nSPS) is 24.2. The van der Waals surface area contributed by atoms with Crippen LogP contribution in [0.2, 0.25) is 0 Å². The van der Waals surface area contributed by atoms with Crippen molar-refractivity contribution in [1.29, 1.82) is 0 Å². The fourth-order valence-corrected chi connectivity index (χ4v) is 3.92. The molecule has 0 aromatic heterocycles. The molecule has 2 saturated heterocycles. The van der Waals surface area contributed by atoms with Crippen molar-refractivity contribution in [2.45, 2.75) is 31.7 Å². The fraction of sp³-hybridized carbons (Fsp3) is 0.471. The Hall–Kier alpha value is -2.41. The van der Waals surface area contributed by atoms with Gasteiger partial charge in [-0.15, -0.1) is 0 Å². The van der Waals surface area contributed by atoms with E-state index < -0.39 is 4.92 Å². The van der Waals surface area contributed by atoms with E-state index in [1.165, 1.54) is 6.07 Å². The minimum atomic E-state index is -0.400. The number of hydrogen-bond acceptors (Lipinski definition) is 5. The number of nitrogens with zero attached hydrogens (tertiary/aromatic N) is 2. The topological polar surface area (TPSA) is 87.5 Å². The Morgan fingerprint density at radius 1 is 1.21 bits per heavy atom. The van der Waals surface area contributed by atoms with E-state index in [2.05, 4.69) is 10.6 Å². The number of piperidine rings is 1. The van der Waals surface area contributed by atoms with Crippen LogP contribution in [0.15, 0.2) is 23.9 Å². The number of nitro benzene ring substituents is 1. The lowest BCUT2D eigenvalue weighted by molar-refractivity contribution is -0.384. The van der Waals surface area contributed by atoms with Crippen LogP contribution in [-0.4, -0.2) is 36.5 Å². The summed E-state index contributed by atoms with van der Waals surface area (Å²) in [6, 6.07) is 4.93. The molecule has 0 aliphatic carbocycles. The summed E-state index contributed by atoms with van der Waals surface area (Å²) < 4.78 is 0. The van der Waals surface area contributed by atoms with Crippen molar-refractivity contribution in [3.8, 4) is 0 Å². The van der Waals surface area contributed by atoms with Crippen LogP contribution in [0, 0.1) is 10.1 Å². The smallest absolute Gasteiger partial charge is 0.270 e. The van der Waals surface area contributed by atoms with Gasteiger partial charge in [0.2, 0.25) is 0 Å². The Labute approximate surface area is 139 Å². The SMILES string of the molecule is O=C1/C(=C2/CCCN2)c2cc([N+](=O)[O-])ccc2N1C1CCNCC1. The average molecular weight is 328 g/mol. The summed E-state index contributed by atoms with van der Waals surface area (Å²) in [7, 11) is 0. The van der Waals surface area contributed by atoms with Crippen molar-refractivity contribution in [3.05, 3.63) is 39.6 Å². The van der Waals surface area contributed by atoms with Gasteiger partial charge in [-0.1, -0.05) is 0 Å². The monoisotopic (exact) mass is 328 g/mol. The molecule has 3 aliphatic heterocycles. The molecule has 7 nitrogen and oxygen atoms in total. The lowest BCUT2D eigenvalue weighted by atomic mass is 10.0. The van der Waals surface area contributed by atoms with E-state index >= 15 is 0 Å². The zero-order valence-electron chi connectivity index (χ0n) is 13.4. The van der Waals surface area contributed by atoms with Crippen LogP contribution in [0.25, 0.3) is 5.57 Å². The van der Waals surface area contributed by atoms with Crippen LogP contribution in [0.4, 0.5) is 11.4 Å². The first-order valence-corrected chi connectivity index (χ1v) is 8.47. The maximum absolute atomic E-state index is 13.2. The molecule has 0 bridgehead atoms.